The highest BCUT2D eigenvalue weighted by Crippen LogP contribution is 2.27. The monoisotopic (exact) mass is 432 g/mol. The normalized spacial score (nSPS) is 10.5. The number of benzene rings is 3. The fourth-order valence-electron chi connectivity index (χ4n) is 3.11. The van der Waals surface area contributed by atoms with E-state index in [0.717, 1.165) is 10.1 Å². The number of rotatable bonds is 7. The molecule has 0 spiro atoms. The smallest absolute Gasteiger partial charge is 0.262 e. The third-order valence-electron chi connectivity index (χ3n) is 4.56. The summed E-state index contributed by atoms with van der Waals surface area (Å²) in [6.45, 7) is -0.169. The summed E-state index contributed by atoms with van der Waals surface area (Å²) in [7, 11) is 1.54. The van der Waals surface area contributed by atoms with Crippen molar-refractivity contribution in [2.24, 2.45) is 0 Å². The maximum absolute atomic E-state index is 12.7. The molecule has 0 aliphatic rings. The van der Waals surface area contributed by atoms with Crippen LogP contribution in [0.2, 0.25) is 0 Å². The van der Waals surface area contributed by atoms with Crippen molar-refractivity contribution in [1.29, 1.82) is 0 Å². The summed E-state index contributed by atoms with van der Waals surface area (Å²) < 4.78 is 11.8. The minimum absolute atomic E-state index is 0.169. The van der Waals surface area contributed by atoms with Gasteiger partial charge in [-0.25, -0.2) is 0 Å². The van der Waals surface area contributed by atoms with E-state index in [4.69, 9.17) is 9.47 Å². The van der Waals surface area contributed by atoms with Crippen molar-refractivity contribution in [1.82, 2.24) is 0 Å². The van der Waals surface area contributed by atoms with Gasteiger partial charge in [0.15, 0.2) is 18.1 Å². The molecule has 1 heterocycles. The van der Waals surface area contributed by atoms with Gasteiger partial charge in [0.1, 0.15) is 0 Å². The Morgan fingerprint density at radius 1 is 0.871 bits per heavy atom. The molecule has 2 N–H and O–H groups in total. The van der Waals surface area contributed by atoms with Gasteiger partial charge < -0.3 is 20.1 Å². The summed E-state index contributed by atoms with van der Waals surface area (Å²) in [5.74, 6) is 0.531. The second-order valence-corrected chi connectivity index (χ2v) is 7.58. The first-order valence-electron chi connectivity index (χ1n) is 9.57. The maximum atomic E-state index is 12.7. The Morgan fingerprint density at radius 2 is 1.58 bits per heavy atom. The number of hydrogen-bond acceptors (Lipinski definition) is 5. The molecule has 0 atom stereocenters. The molecule has 3 aromatic carbocycles. The summed E-state index contributed by atoms with van der Waals surface area (Å²) >= 11 is 1.53. The molecule has 4 rings (SSSR count). The molecule has 0 saturated heterocycles. The van der Waals surface area contributed by atoms with Crippen LogP contribution in [0.5, 0.6) is 11.5 Å². The number of carbonyl (C=O) groups excluding carboxylic acids is 2. The predicted octanol–water partition coefficient (Wildman–Crippen LogP) is 5.18. The molecule has 0 fully saturated rings. The van der Waals surface area contributed by atoms with Crippen molar-refractivity contribution >= 4 is 44.6 Å². The number of carbonyl (C=O) groups is 2. The second kappa shape index (κ2) is 9.32. The number of amides is 2. The van der Waals surface area contributed by atoms with Crippen molar-refractivity contribution in [3.63, 3.8) is 0 Å². The van der Waals surface area contributed by atoms with Gasteiger partial charge in [0.05, 0.1) is 12.7 Å². The number of fused-ring (bicyclic) bond motifs is 1. The molecule has 0 radical (unpaired) electrons. The van der Waals surface area contributed by atoms with Gasteiger partial charge in [-0.2, -0.15) is 0 Å². The summed E-state index contributed by atoms with van der Waals surface area (Å²) in [4.78, 5) is 25.0. The summed E-state index contributed by atoms with van der Waals surface area (Å²) in [5, 5.41) is 8.43. The molecule has 0 bridgehead atoms. The standard InChI is InChI=1S/C24H20N2O4S/c1-29-20-10-3-4-11-21(20)30-14-23(27)25-16-7-6-8-17(13-16)26-24(28)19-15-31-22-12-5-2-9-18(19)22/h2-13,15H,14H2,1H3,(H,25,27)(H,26,28). The first-order valence-corrected chi connectivity index (χ1v) is 10.5. The number of para-hydroxylation sites is 2. The van der Waals surface area contributed by atoms with Gasteiger partial charge in [-0.3, -0.25) is 9.59 Å². The fraction of sp³-hybridized carbons (Fsp3) is 0.0833. The largest absolute Gasteiger partial charge is 0.493 e. The zero-order valence-electron chi connectivity index (χ0n) is 16.8. The van der Waals surface area contributed by atoms with Gasteiger partial charge in [0.2, 0.25) is 0 Å². The van der Waals surface area contributed by atoms with Crippen LogP contribution in [-0.4, -0.2) is 25.5 Å². The van der Waals surface area contributed by atoms with E-state index in [-0.39, 0.29) is 18.4 Å². The number of hydrogen-bond donors (Lipinski definition) is 2. The Hall–Kier alpha value is -3.84. The van der Waals surface area contributed by atoms with E-state index in [1.165, 1.54) is 11.3 Å². The zero-order chi connectivity index (χ0) is 21.6. The maximum Gasteiger partial charge on any atom is 0.262 e. The van der Waals surface area contributed by atoms with Gasteiger partial charge >= 0.3 is 0 Å². The van der Waals surface area contributed by atoms with Crippen LogP contribution in [0.25, 0.3) is 10.1 Å². The molecule has 156 valence electrons. The van der Waals surface area contributed by atoms with E-state index in [9.17, 15) is 9.59 Å². The third-order valence-corrected chi connectivity index (χ3v) is 5.52. The number of ether oxygens (including phenoxy) is 2. The van der Waals surface area contributed by atoms with E-state index in [1.807, 2.05) is 35.7 Å². The Balaban J connectivity index is 1.39. The summed E-state index contributed by atoms with van der Waals surface area (Å²) in [6.07, 6.45) is 0. The van der Waals surface area contributed by atoms with E-state index in [0.29, 0.717) is 28.4 Å². The van der Waals surface area contributed by atoms with E-state index in [1.54, 1.807) is 49.6 Å². The molecule has 31 heavy (non-hydrogen) atoms. The highest BCUT2D eigenvalue weighted by molar-refractivity contribution is 7.17. The number of thiophene rings is 1. The lowest BCUT2D eigenvalue weighted by atomic mass is 10.1. The average Bonchev–Trinajstić information content (AvgIpc) is 3.22. The minimum atomic E-state index is -0.321. The van der Waals surface area contributed by atoms with Crippen LogP contribution >= 0.6 is 11.3 Å². The Bertz CT molecular complexity index is 1230. The molecule has 0 unspecified atom stereocenters. The zero-order valence-corrected chi connectivity index (χ0v) is 17.6. The van der Waals surface area contributed by atoms with E-state index in [2.05, 4.69) is 10.6 Å². The van der Waals surface area contributed by atoms with Gasteiger partial charge in [-0.1, -0.05) is 36.4 Å². The molecule has 6 nitrogen and oxygen atoms in total. The molecule has 7 heteroatoms. The molecule has 2 amide bonds. The Morgan fingerprint density at radius 3 is 2.39 bits per heavy atom. The molecule has 0 aliphatic carbocycles. The van der Waals surface area contributed by atoms with Gasteiger partial charge in [0, 0.05) is 26.8 Å². The van der Waals surface area contributed by atoms with Gasteiger partial charge in [-0.05, 0) is 36.4 Å². The molecule has 1 aromatic heterocycles. The van der Waals surface area contributed by atoms with Gasteiger partial charge in [0.25, 0.3) is 11.8 Å². The van der Waals surface area contributed by atoms with E-state index < -0.39 is 0 Å². The lowest BCUT2D eigenvalue weighted by Gasteiger charge is -2.11. The second-order valence-electron chi connectivity index (χ2n) is 6.67. The number of anilines is 2. The fourth-order valence-corrected chi connectivity index (χ4v) is 4.05. The molecular formula is C24H20N2O4S. The molecule has 0 aliphatic heterocycles. The lowest BCUT2D eigenvalue weighted by Crippen LogP contribution is -2.20. The molecular weight excluding hydrogens is 412 g/mol. The average molecular weight is 433 g/mol. The molecule has 0 saturated carbocycles. The minimum Gasteiger partial charge on any atom is -0.493 e. The highest BCUT2D eigenvalue weighted by atomic mass is 32.1. The van der Waals surface area contributed by atoms with Crippen molar-refractivity contribution < 1.29 is 19.1 Å². The predicted molar refractivity (Wildman–Crippen MR) is 123 cm³/mol. The summed E-state index contributed by atoms with van der Waals surface area (Å²) in [5.41, 5.74) is 1.77. The van der Waals surface area contributed by atoms with E-state index >= 15 is 0 Å². The number of methoxy groups -OCH3 is 1. The summed E-state index contributed by atoms with van der Waals surface area (Å²) in [6, 6.07) is 21.9. The van der Waals surface area contributed by atoms with Gasteiger partial charge in [-0.15, -0.1) is 11.3 Å². The van der Waals surface area contributed by atoms with Crippen LogP contribution in [-0.2, 0) is 4.79 Å². The van der Waals surface area contributed by atoms with Crippen molar-refractivity contribution in [2.75, 3.05) is 24.4 Å². The highest BCUT2D eigenvalue weighted by Gasteiger charge is 2.13. The SMILES string of the molecule is COc1ccccc1OCC(=O)Nc1cccc(NC(=O)c2csc3ccccc23)c1. The van der Waals surface area contributed by atoms with Crippen LogP contribution < -0.4 is 20.1 Å². The molecule has 4 aromatic rings. The third kappa shape index (κ3) is 4.84. The first kappa shape index (κ1) is 20.4. The van der Waals surface area contributed by atoms with Crippen LogP contribution in [0.4, 0.5) is 11.4 Å². The Kier molecular flexibility index (Phi) is 6.14. The number of nitrogens with one attached hydrogen (secondary N) is 2. The quantitative estimate of drug-likeness (QED) is 0.422. The van der Waals surface area contributed by atoms with Crippen molar-refractivity contribution in [3.05, 3.63) is 83.7 Å². The van der Waals surface area contributed by atoms with Crippen molar-refractivity contribution in [2.45, 2.75) is 0 Å². The van der Waals surface area contributed by atoms with Crippen LogP contribution in [0.3, 0.4) is 0 Å². The first-order chi connectivity index (χ1) is 15.1. The lowest BCUT2D eigenvalue weighted by molar-refractivity contribution is -0.118. The van der Waals surface area contributed by atoms with Crippen LogP contribution in [0.15, 0.2) is 78.2 Å². The Labute approximate surface area is 183 Å². The van der Waals surface area contributed by atoms with Crippen LogP contribution in [0, 0.1) is 0 Å². The van der Waals surface area contributed by atoms with Crippen LogP contribution in [0.1, 0.15) is 10.4 Å². The van der Waals surface area contributed by atoms with Crippen molar-refractivity contribution in [3.8, 4) is 11.5 Å². The topological polar surface area (TPSA) is 76.7 Å².